The molecule has 1 atom stereocenters. The van der Waals surface area contributed by atoms with Crippen molar-refractivity contribution in [3.8, 4) is 0 Å². The number of carbonyl (C=O) groups excluding carboxylic acids is 1. The standard InChI is InChI=1S/C9H15N5O/c1-3-11-9(15)6(2)14-8-5-12-7(10)4-13-8/h4-6H,3H2,1-2H3,(H2,10,12)(H,11,15)(H,13,14). The van der Waals surface area contributed by atoms with E-state index in [0.717, 1.165) is 0 Å². The van der Waals surface area contributed by atoms with Crippen LogP contribution in [0.2, 0.25) is 0 Å². The average Bonchev–Trinajstić information content (AvgIpc) is 2.22. The van der Waals surface area contributed by atoms with E-state index in [1.807, 2.05) is 6.92 Å². The minimum Gasteiger partial charge on any atom is -0.382 e. The van der Waals surface area contributed by atoms with E-state index < -0.39 is 0 Å². The molecule has 82 valence electrons. The van der Waals surface area contributed by atoms with Gasteiger partial charge in [0.2, 0.25) is 5.91 Å². The summed E-state index contributed by atoms with van der Waals surface area (Å²) >= 11 is 0. The fourth-order valence-electron chi connectivity index (χ4n) is 1.03. The molecule has 1 rings (SSSR count). The molecule has 0 aliphatic heterocycles. The van der Waals surface area contributed by atoms with Gasteiger partial charge in [-0.1, -0.05) is 0 Å². The molecule has 1 unspecified atom stereocenters. The highest BCUT2D eigenvalue weighted by Gasteiger charge is 2.11. The van der Waals surface area contributed by atoms with Crippen molar-refractivity contribution in [3.63, 3.8) is 0 Å². The molecule has 0 radical (unpaired) electrons. The summed E-state index contributed by atoms with van der Waals surface area (Å²) in [6.45, 7) is 4.23. The van der Waals surface area contributed by atoms with E-state index in [9.17, 15) is 4.79 Å². The molecule has 1 aromatic heterocycles. The van der Waals surface area contributed by atoms with Gasteiger partial charge in [-0.3, -0.25) is 4.79 Å². The van der Waals surface area contributed by atoms with Crippen LogP contribution in [0.25, 0.3) is 0 Å². The highest BCUT2D eigenvalue weighted by Crippen LogP contribution is 2.03. The average molecular weight is 209 g/mol. The third-order valence-corrected chi connectivity index (χ3v) is 1.78. The molecule has 0 aromatic carbocycles. The van der Waals surface area contributed by atoms with Gasteiger partial charge in [-0.2, -0.15) is 0 Å². The van der Waals surface area contributed by atoms with E-state index >= 15 is 0 Å². The van der Waals surface area contributed by atoms with Crippen LogP contribution in [0.15, 0.2) is 12.4 Å². The number of nitrogens with two attached hydrogens (primary N) is 1. The maximum absolute atomic E-state index is 11.4. The number of likely N-dealkylation sites (N-methyl/N-ethyl adjacent to an activating group) is 1. The third kappa shape index (κ3) is 3.41. The van der Waals surface area contributed by atoms with Gasteiger partial charge < -0.3 is 16.4 Å². The number of rotatable bonds is 4. The first-order chi connectivity index (χ1) is 7.13. The number of nitrogen functional groups attached to an aromatic ring is 1. The van der Waals surface area contributed by atoms with Crippen LogP contribution in [0.3, 0.4) is 0 Å². The first kappa shape index (κ1) is 11.2. The summed E-state index contributed by atoms with van der Waals surface area (Å²) < 4.78 is 0. The van der Waals surface area contributed by atoms with Crippen LogP contribution >= 0.6 is 0 Å². The second kappa shape index (κ2) is 5.14. The zero-order valence-electron chi connectivity index (χ0n) is 8.82. The van der Waals surface area contributed by atoms with E-state index in [-0.39, 0.29) is 11.9 Å². The number of anilines is 2. The highest BCUT2D eigenvalue weighted by molar-refractivity contribution is 5.83. The zero-order chi connectivity index (χ0) is 11.3. The Morgan fingerprint density at radius 1 is 1.53 bits per heavy atom. The molecule has 0 bridgehead atoms. The van der Waals surface area contributed by atoms with Gasteiger partial charge in [0.1, 0.15) is 17.7 Å². The topological polar surface area (TPSA) is 92.9 Å². The third-order valence-electron chi connectivity index (χ3n) is 1.78. The van der Waals surface area contributed by atoms with Gasteiger partial charge in [-0.05, 0) is 13.8 Å². The van der Waals surface area contributed by atoms with Crippen molar-refractivity contribution in [2.45, 2.75) is 19.9 Å². The predicted octanol–water partition coefficient (Wildman–Crippen LogP) is -0.00470. The van der Waals surface area contributed by atoms with Gasteiger partial charge >= 0.3 is 0 Å². The summed E-state index contributed by atoms with van der Waals surface area (Å²) in [7, 11) is 0. The molecule has 0 aliphatic carbocycles. The van der Waals surface area contributed by atoms with Crippen molar-refractivity contribution < 1.29 is 4.79 Å². The van der Waals surface area contributed by atoms with Crippen molar-refractivity contribution in [1.82, 2.24) is 15.3 Å². The Balaban J connectivity index is 2.54. The monoisotopic (exact) mass is 209 g/mol. The van der Waals surface area contributed by atoms with Gasteiger partial charge in [0.15, 0.2) is 0 Å². The van der Waals surface area contributed by atoms with Crippen molar-refractivity contribution >= 4 is 17.5 Å². The summed E-state index contributed by atoms with van der Waals surface area (Å²) in [6, 6.07) is -0.345. The molecule has 0 fully saturated rings. The minimum absolute atomic E-state index is 0.0730. The first-order valence-electron chi connectivity index (χ1n) is 4.75. The molecule has 6 heteroatoms. The van der Waals surface area contributed by atoms with E-state index in [1.165, 1.54) is 12.4 Å². The van der Waals surface area contributed by atoms with Crippen LogP contribution < -0.4 is 16.4 Å². The second-order valence-electron chi connectivity index (χ2n) is 3.09. The summed E-state index contributed by atoms with van der Waals surface area (Å²) in [6.07, 6.45) is 2.93. The van der Waals surface area contributed by atoms with Crippen LogP contribution in [0.4, 0.5) is 11.6 Å². The lowest BCUT2D eigenvalue weighted by atomic mass is 10.3. The lowest BCUT2D eigenvalue weighted by Gasteiger charge is -2.13. The molecule has 4 N–H and O–H groups in total. The van der Waals surface area contributed by atoms with Crippen LogP contribution in [-0.2, 0) is 4.79 Å². The highest BCUT2D eigenvalue weighted by atomic mass is 16.2. The Morgan fingerprint density at radius 2 is 2.27 bits per heavy atom. The number of carbonyl (C=O) groups is 1. The molecule has 0 saturated heterocycles. The number of nitrogens with zero attached hydrogens (tertiary/aromatic N) is 2. The zero-order valence-corrected chi connectivity index (χ0v) is 8.82. The van der Waals surface area contributed by atoms with Crippen LogP contribution in [0.1, 0.15) is 13.8 Å². The number of hydrogen-bond donors (Lipinski definition) is 3. The molecule has 1 heterocycles. The smallest absolute Gasteiger partial charge is 0.242 e. The van der Waals surface area contributed by atoms with Gasteiger partial charge in [0, 0.05) is 6.54 Å². The lowest BCUT2D eigenvalue weighted by molar-refractivity contribution is -0.121. The van der Waals surface area contributed by atoms with Crippen LogP contribution in [0, 0.1) is 0 Å². The Morgan fingerprint density at radius 3 is 2.80 bits per heavy atom. The summed E-state index contributed by atoms with van der Waals surface area (Å²) in [5, 5.41) is 5.62. The number of aromatic nitrogens is 2. The quantitative estimate of drug-likeness (QED) is 0.648. The minimum atomic E-state index is -0.345. The SMILES string of the molecule is CCNC(=O)C(C)Nc1cnc(N)cn1. The number of nitrogens with one attached hydrogen (secondary N) is 2. The van der Waals surface area contributed by atoms with E-state index in [1.54, 1.807) is 6.92 Å². The molecule has 0 spiro atoms. The van der Waals surface area contributed by atoms with Crippen LogP contribution in [-0.4, -0.2) is 28.5 Å². The molecule has 1 aromatic rings. The van der Waals surface area contributed by atoms with E-state index in [2.05, 4.69) is 20.6 Å². The molecule has 6 nitrogen and oxygen atoms in total. The van der Waals surface area contributed by atoms with Gasteiger partial charge in [-0.15, -0.1) is 0 Å². The molecular weight excluding hydrogens is 194 g/mol. The fraction of sp³-hybridized carbons (Fsp3) is 0.444. The molecule has 0 saturated carbocycles. The predicted molar refractivity (Wildman–Crippen MR) is 58.2 cm³/mol. The Bertz CT molecular complexity index is 324. The lowest BCUT2D eigenvalue weighted by Crippen LogP contribution is -2.37. The first-order valence-corrected chi connectivity index (χ1v) is 4.75. The van der Waals surface area contributed by atoms with E-state index in [4.69, 9.17) is 5.73 Å². The number of hydrogen-bond acceptors (Lipinski definition) is 5. The van der Waals surface area contributed by atoms with Gasteiger partial charge in [0.25, 0.3) is 0 Å². The Kier molecular flexibility index (Phi) is 3.84. The maximum atomic E-state index is 11.4. The summed E-state index contributed by atoms with van der Waals surface area (Å²) in [4.78, 5) is 19.2. The fourth-order valence-corrected chi connectivity index (χ4v) is 1.03. The maximum Gasteiger partial charge on any atom is 0.242 e. The van der Waals surface area contributed by atoms with Crippen molar-refractivity contribution in [2.75, 3.05) is 17.6 Å². The van der Waals surface area contributed by atoms with E-state index in [0.29, 0.717) is 18.2 Å². The molecule has 0 aliphatic rings. The largest absolute Gasteiger partial charge is 0.382 e. The number of amides is 1. The van der Waals surface area contributed by atoms with Crippen molar-refractivity contribution in [2.24, 2.45) is 0 Å². The molecule has 15 heavy (non-hydrogen) atoms. The van der Waals surface area contributed by atoms with Crippen molar-refractivity contribution in [3.05, 3.63) is 12.4 Å². The van der Waals surface area contributed by atoms with Gasteiger partial charge in [0.05, 0.1) is 12.4 Å². The molecule has 1 amide bonds. The normalized spacial score (nSPS) is 11.9. The van der Waals surface area contributed by atoms with Crippen molar-refractivity contribution in [1.29, 1.82) is 0 Å². The summed E-state index contributed by atoms with van der Waals surface area (Å²) in [5.41, 5.74) is 5.38. The Hall–Kier alpha value is -1.85. The molecular formula is C9H15N5O. The summed E-state index contributed by atoms with van der Waals surface area (Å²) in [5.74, 6) is 0.810. The van der Waals surface area contributed by atoms with Gasteiger partial charge in [-0.25, -0.2) is 9.97 Å². The Labute approximate surface area is 88.3 Å². The second-order valence-corrected chi connectivity index (χ2v) is 3.09. The van der Waals surface area contributed by atoms with Crippen LogP contribution in [0.5, 0.6) is 0 Å².